The zero-order valence-electron chi connectivity index (χ0n) is 18.3. The normalized spacial score (nSPS) is 10.8. The second-order valence-electron chi connectivity index (χ2n) is 7.28. The summed E-state index contributed by atoms with van der Waals surface area (Å²) >= 11 is 1.35. The number of carbonyl (C=O) groups excluding carboxylic acids is 1. The van der Waals surface area contributed by atoms with Gasteiger partial charge in [-0.15, -0.1) is 11.3 Å². The van der Waals surface area contributed by atoms with Gasteiger partial charge in [-0.25, -0.2) is 4.98 Å². The molecule has 8 heteroatoms. The molecule has 0 radical (unpaired) electrons. The van der Waals surface area contributed by atoms with Crippen LogP contribution >= 0.6 is 11.3 Å². The van der Waals surface area contributed by atoms with E-state index < -0.39 is 0 Å². The number of nitrogens with one attached hydrogen (secondary N) is 1. The zero-order chi connectivity index (χ0) is 22.7. The summed E-state index contributed by atoms with van der Waals surface area (Å²) in [7, 11) is 1.63. The number of amides is 1. The molecule has 4 aromatic rings. The first-order chi connectivity index (χ1) is 15.5. The highest BCUT2D eigenvalue weighted by atomic mass is 32.1. The number of thiazole rings is 1. The van der Waals surface area contributed by atoms with Gasteiger partial charge in [0.2, 0.25) is 0 Å². The molecule has 0 bridgehead atoms. The summed E-state index contributed by atoms with van der Waals surface area (Å²) in [6.07, 6.45) is 0. The molecule has 7 nitrogen and oxygen atoms in total. The SMILES string of the molecule is COc1ccc(C)cc1-c1csc(NC(=O)c2ccccc2OCc2c(C)noc2C)n1. The molecule has 1 N–H and O–H groups in total. The molecule has 0 saturated heterocycles. The predicted molar refractivity (Wildman–Crippen MR) is 124 cm³/mol. The average molecular weight is 450 g/mol. The van der Waals surface area contributed by atoms with Crippen LogP contribution in [0, 0.1) is 20.8 Å². The molecule has 0 aliphatic rings. The number of methoxy groups -OCH3 is 1. The van der Waals surface area contributed by atoms with E-state index in [0.717, 1.165) is 33.8 Å². The van der Waals surface area contributed by atoms with Crippen molar-refractivity contribution in [2.24, 2.45) is 0 Å². The standard InChI is InChI=1S/C24H23N3O4S/c1-14-9-10-21(29-4)18(11-14)20-13-32-24(25-20)26-23(28)17-7-5-6-8-22(17)30-12-19-15(2)27-31-16(19)3/h5-11,13H,12H2,1-4H3,(H,25,26,28). The number of para-hydroxylation sites is 1. The van der Waals surface area contributed by atoms with Crippen molar-refractivity contribution < 1.29 is 18.8 Å². The summed E-state index contributed by atoms with van der Waals surface area (Å²) in [5.41, 5.74) is 4.79. The number of rotatable bonds is 7. The first-order valence-electron chi connectivity index (χ1n) is 10.0. The van der Waals surface area contributed by atoms with E-state index in [-0.39, 0.29) is 12.5 Å². The molecular formula is C24H23N3O4S. The second-order valence-corrected chi connectivity index (χ2v) is 8.14. The molecule has 0 aliphatic heterocycles. The van der Waals surface area contributed by atoms with Crippen LogP contribution in [0.3, 0.4) is 0 Å². The predicted octanol–water partition coefficient (Wildman–Crippen LogP) is 5.56. The number of carbonyl (C=O) groups is 1. The van der Waals surface area contributed by atoms with Gasteiger partial charge < -0.3 is 14.0 Å². The molecule has 0 fully saturated rings. The fourth-order valence-corrected chi connectivity index (χ4v) is 3.98. The molecule has 1 amide bonds. The number of aryl methyl sites for hydroxylation is 3. The third-order valence-corrected chi connectivity index (χ3v) is 5.80. The van der Waals surface area contributed by atoms with Crippen LogP contribution in [-0.2, 0) is 6.61 Å². The lowest BCUT2D eigenvalue weighted by Gasteiger charge is -2.11. The van der Waals surface area contributed by atoms with E-state index >= 15 is 0 Å². The van der Waals surface area contributed by atoms with Crippen LogP contribution < -0.4 is 14.8 Å². The van der Waals surface area contributed by atoms with Crippen LogP contribution in [0.5, 0.6) is 11.5 Å². The molecule has 0 saturated carbocycles. The minimum absolute atomic E-state index is 0.264. The Morgan fingerprint density at radius 2 is 1.94 bits per heavy atom. The van der Waals surface area contributed by atoms with E-state index in [9.17, 15) is 4.79 Å². The van der Waals surface area contributed by atoms with E-state index in [4.69, 9.17) is 14.0 Å². The summed E-state index contributed by atoms with van der Waals surface area (Å²) in [5.74, 6) is 1.61. The maximum Gasteiger partial charge on any atom is 0.261 e. The number of nitrogens with zero attached hydrogens (tertiary/aromatic N) is 2. The fraction of sp³-hybridized carbons (Fsp3) is 0.208. The number of hydrogen-bond donors (Lipinski definition) is 1. The van der Waals surface area contributed by atoms with Crippen molar-refractivity contribution in [1.29, 1.82) is 0 Å². The number of ether oxygens (including phenoxy) is 2. The lowest BCUT2D eigenvalue weighted by Crippen LogP contribution is -2.13. The quantitative estimate of drug-likeness (QED) is 0.397. The van der Waals surface area contributed by atoms with Gasteiger partial charge in [0.05, 0.1) is 29.6 Å². The average Bonchev–Trinajstić information content (AvgIpc) is 3.38. The second kappa shape index (κ2) is 9.23. The Morgan fingerprint density at radius 3 is 2.69 bits per heavy atom. The molecule has 0 unspecified atom stereocenters. The maximum atomic E-state index is 13.0. The van der Waals surface area contributed by atoms with Crippen molar-refractivity contribution in [3.63, 3.8) is 0 Å². The monoisotopic (exact) mass is 449 g/mol. The third kappa shape index (κ3) is 4.50. The summed E-state index contributed by atoms with van der Waals surface area (Å²) in [5, 5.41) is 9.20. The van der Waals surface area contributed by atoms with E-state index in [0.29, 0.717) is 22.2 Å². The van der Waals surface area contributed by atoms with Crippen molar-refractivity contribution in [2.45, 2.75) is 27.4 Å². The number of benzene rings is 2. The molecule has 0 atom stereocenters. The smallest absolute Gasteiger partial charge is 0.261 e. The molecule has 0 spiro atoms. The van der Waals surface area contributed by atoms with Crippen molar-refractivity contribution in [3.8, 4) is 22.8 Å². The van der Waals surface area contributed by atoms with Gasteiger partial charge in [0, 0.05) is 10.9 Å². The molecule has 2 aromatic heterocycles. The highest BCUT2D eigenvalue weighted by molar-refractivity contribution is 7.14. The van der Waals surface area contributed by atoms with Gasteiger partial charge in [0.1, 0.15) is 23.9 Å². The van der Waals surface area contributed by atoms with Crippen LogP contribution in [0.4, 0.5) is 5.13 Å². The molecule has 2 heterocycles. The summed E-state index contributed by atoms with van der Waals surface area (Å²) in [6, 6.07) is 13.0. The molecule has 32 heavy (non-hydrogen) atoms. The minimum Gasteiger partial charge on any atom is -0.496 e. The summed E-state index contributed by atoms with van der Waals surface area (Å²) in [6.45, 7) is 5.97. The van der Waals surface area contributed by atoms with Crippen LogP contribution in [-0.4, -0.2) is 23.2 Å². The van der Waals surface area contributed by atoms with Crippen LogP contribution in [0.15, 0.2) is 52.4 Å². The Balaban J connectivity index is 1.51. The lowest BCUT2D eigenvalue weighted by molar-refractivity contribution is 0.102. The number of anilines is 1. The highest BCUT2D eigenvalue weighted by Crippen LogP contribution is 2.33. The Kier molecular flexibility index (Phi) is 6.23. The van der Waals surface area contributed by atoms with Gasteiger partial charge in [-0.1, -0.05) is 28.9 Å². The zero-order valence-corrected chi connectivity index (χ0v) is 19.1. The molecule has 4 rings (SSSR count). The van der Waals surface area contributed by atoms with Crippen molar-refractivity contribution in [3.05, 3.63) is 76.0 Å². The number of hydrogen-bond acceptors (Lipinski definition) is 7. The Hall–Kier alpha value is -3.65. The Labute approximate surface area is 190 Å². The summed E-state index contributed by atoms with van der Waals surface area (Å²) < 4.78 is 16.6. The van der Waals surface area contributed by atoms with Gasteiger partial charge in [-0.3, -0.25) is 10.1 Å². The van der Waals surface area contributed by atoms with Gasteiger partial charge in [-0.05, 0) is 45.0 Å². The molecular weight excluding hydrogens is 426 g/mol. The van der Waals surface area contributed by atoms with Crippen LogP contribution in [0.1, 0.15) is 32.9 Å². The van der Waals surface area contributed by atoms with Gasteiger partial charge >= 0.3 is 0 Å². The Bertz CT molecular complexity index is 1240. The van der Waals surface area contributed by atoms with Crippen molar-refractivity contribution >= 4 is 22.4 Å². The maximum absolute atomic E-state index is 13.0. The third-order valence-electron chi connectivity index (χ3n) is 5.04. The highest BCUT2D eigenvalue weighted by Gasteiger charge is 2.17. The minimum atomic E-state index is -0.295. The van der Waals surface area contributed by atoms with Crippen molar-refractivity contribution in [2.75, 3.05) is 12.4 Å². The fourth-order valence-electron chi connectivity index (χ4n) is 3.28. The molecule has 0 aliphatic carbocycles. The van der Waals surface area contributed by atoms with E-state index in [1.165, 1.54) is 11.3 Å². The number of aromatic nitrogens is 2. The van der Waals surface area contributed by atoms with Gasteiger partial charge in [0.25, 0.3) is 5.91 Å². The first-order valence-corrected chi connectivity index (χ1v) is 10.9. The van der Waals surface area contributed by atoms with Gasteiger partial charge in [-0.2, -0.15) is 0 Å². The van der Waals surface area contributed by atoms with E-state index in [1.54, 1.807) is 25.3 Å². The molecule has 2 aromatic carbocycles. The van der Waals surface area contributed by atoms with Crippen molar-refractivity contribution in [1.82, 2.24) is 10.1 Å². The largest absolute Gasteiger partial charge is 0.496 e. The van der Waals surface area contributed by atoms with Gasteiger partial charge in [0.15, 0.2) is 5.13 Å². The topological polar surface area (TPSA) is 86.5 Å². The lowest BCUT2D eigenvalue weighted by atomic mass is 10.1. The van der Waals surface area contributed by atoms with E-state index in [1.807, 2.05) is 50.4 Å². The first kappa shape index (κ1) is 21.6. The van der Waals surface area contributed by atoms with Crippen LogP contribution in [0.2, 0.25) is 0 Å². The Morgan fingerprint density at radius 1 is 1.12 bits per heavy atom. The molecule has 164 valence electrons. The summed E-state index contributed by atoms with van der Waals surface area (Å²) in [4.78, 5) is 17.6. The van der Waals surface area contributed by atoms with Crippen LogP contribution in [0.25, 0.3) is 11.3 Å². The van der Waals surface area contributed by atoms with E-state index in [2.05, 4.69) is 15.5 Å².